The van der Waals surface area contributed by atoms with Crippen molar-refractivity contribution in [3.05, 3.63) is 44.9 Å². The van der Waals surface area contributed by atoms with Gasteiger partial charge in [-0.2, -0.15) is 0 Å². The van der Waals surface area contributed by atoms with E-state index in [-0.39, 0.29) is 5.56 Å². The molecule has 1 heterocycles. The van der Waals surface area contributed by atoms with E-state index in [1.165, 1.54) is 12.1 Å². The number of aromatic nitrogens is 2. The molecule has 0 unspecified atom stereocenters. The predicted molar refractivity (Wildman–Crippen MR) is 76.3 cm³/mol. The molecule has 0 aliphatic heterocycles. The van der Waals surface area contributed by atoms with Crippen LogP contribution < -0.4 is 4.74 Å². The molecule has 19 heavy (non-hydrogen) atoms. The van der Waals surface area contributed by atoms with Gasteiger partial charge in [-0.15, -0.1) is 0 Å². The van der Waals surface area contributed by atoms with Crippen LogP contribution in [0.25, 0.3) is 0 Å². The summed E-state index contributed by atoms with van der Waals surface area (Å²) < 4.78 is 8.70. The fourth-order valence-electron chi connectivity index (χ4n) is 1.49. The van der Waals surface area contributed by atoms with Gasteiger partial charge in [0.05, 0.1) is 32.7 Å². The van der Waals surface area contributed by atoms with Gasteiger partial charge in [-0.3, -0.25) is 0 Å². The highest BCUT2D eigenvalue weighted by Gasteiger charge is 2.13. The van der Waals surface area contributed by atoms with Gasteiger partial charge < -0.3 is 14.4 Å². The molecule has 5 nitrogen and oxygen atoms in total. The van der Waals surface area contributed by atoms with Crippen molar-refractivity contribution in [1.29, 1.82) is 0 Å². The number of hydrogen-bond acceptors (Lipinski definition) is 3. The van der Waals surface area contributed by atoms with Gasteiger partial charge in [0.2, 0.25) is 0 Å². The van der Waals surface area contributed by atoms with Crippen molar-refractivity contribution >= 4 is 37.8 Å². The number of hydrogen-bond donors (Lipinski definition) is 1. The summed E-state index contributed by atoms with van der Waals surface area (Å²) in [6, 6.07) is 3.01. The summed E-state index contributed by atoms with van der Waals surface area (Å²) in [5.41, 5.74) is 1.10. The summed E-state index contributed by atoms with van der Waals surface area (Å²) >= 11 is 6.62. The first-order valence-corrected chi connectivity index (χ1v) is 6.88. The first-order valence-electron chi connectivity index (χ1n) is 5.29. The monoisotopic (exact) mass is 388 g/mol. The number of aromatic carboxylic acids is 1. The van der Waals surface area contributed by atoms with Gasteiger partial charge in [0.25, 0.3) is 0 Å². The zero-order valence-electron chi connectivity index (χ0n) is 9.93. The lowest BCUT2D eigenvalue weighted by Crippen LogP contribution is -2.03. The van der Waals surface area contributed by atoms with Gasteiger partial charge >= 0.3 is 5.97 Å². The summed E-state index contributed by atoms with van der Waals surface area (Å²) in [6.45, 7) is 0.347. The molecular formula is C12H10Br2N2O3. The highest BCUT2D eigenvalue weighted by atomic mass is 79.9. The van der Waals surface area contributed by atoms with Crippen LogP contribution in [0.3, 0.4) is 0 Å². The minimum atomic E-state index is -0.986. The second kappa shape index (κ2) is 5.75. The lowest BCUT2D eigenvalue weighted by atomic mass is 10.2. The molecule has 100 valence electrons. The first-order chi connectivity index (χ1) is 8.99. The number of imidazole rings is 1. The quantitative estimate of drug-likeness (QED) is 0.871. The molecule has 0 aliphatic rings. The SMILES string of the molecule is Cn1cncc1COc1c(Br)cc(C(=O)O)cc1Br. The van der Waals surface area contributed by atoms with E-state index >= 15 is 0 Å². The Morgan fingerprint density at radius 1 is 1.42 bits per heavy atom. The molecule has 0 atom stereocenters. The molecule has 0 radical (unpaired) electrons. The number of aryl methyl sites for hydroxylation is 1. The zero-order chi connectivity index (χ0) is 14.0. The standard InChI is InChI=1S/C12H10Br2N2O3/c1-16-6-15-4-8(16)5-19-11-9(13)2-7(12(17)18)3-10(11)14/h2-4,6H,5H2,1H3,(H,17,18). The Hall–Kier alpha value is -1.34. The second-order valence-electron chi connectivity index (χ2n) is 3.86. The highest BCUT2D eigenvalue weighted by Crippen LogP contribution is 2.35. The minimum absolute atomic E-state index is 0.187. The number of rotatable bonds is 4. The molecule has 2 aromatic rings. The molecule has 1 N–H and O–H groups in total. The van der Waals surface area contributed by atoms with E-state index in [0.29, 0.717) is 21.3 Å². The van der Waals surface area contributed by atoms with Crippen LogP contribution in [0.4, 0.5) is 0 Å². The zero-order valence-corrected chi connectivity index (χ0v) is 13.1. The Balaban J connectivity index is 2.21. The molecule has 1 aromatic heterocycles. The average molecular weight is 390 g/mol. The fourth-order valence-corrected chi connectivity index (χ4v) is 2.91. The Morgan fingerprint density at radius 3 is 2.53 bits per heavy atom. The molecule has 0 bridgehead atoms. The maximum absolute atomic E-state index is 10.9. The van der Waals surface area contributed by atoms with Crippen molar-refractivity contribution in [3.8, 4) is 5.75 Å². The van der Waals surface area contributed by atoms with E-state index in [0.717, 1.165) is 5.69 Å². The van der Waals surface area contributed by atoms with E-state index in [1.807, 2.05) is 11.6 Å². The smallest absolute Gasteiger partial charge is 0.335 e. The number of halogens is 2. The molecule has 2 rings (SSSR count). The minimum Gasteiger partial charge on any atom is -0.485 e. The van der Waals surface area contributed by atoms with E-state index in [9.17, 15) is 4.79 Å². The lowest BCUT2D eigenvalue weighted by molar-refractivity contribution is 0.0696. The highest BCUT2D eigenvalue weighted by molar-refractivity contribution is 9.11. The van der Waals surface area contributed by atoms with E-state index in [2.05, 4.69) is 36.8 Å². The van der Waals surface area contributed by atoms with Crippen molar-refractivity contribution in [3.63, 3.8) is 0 Å². The van der Waals surface area contributed by atoms with Crippen molar-refractivity contribution in [1.82, 2.24) is 9.55 Å². The molecule has 0 saturated carbocycles. The van der Waals surface area contributed by atoms with Gasteiger partial charge in [0.1, 0.15) is 12.4 Å². The number of nitrogens with zero attached hydrogens (tertiary/aromatic N) is 2. The van der Waals surface area contributed by atoms with Crippen LogP contribution in [0.2, 0.25) is 0 Å². The number of ether oxygens (including phenoxy) is 1. The molecule has 1 aromatic carbocycles. The maximum atomic E-state index is 10.9. The summed E-state index contributed by atoms with van der Waals surface area (Å²) in [6.07, 6.45) is 3.41. The predicted octanol–water partition coefficient (Wildman–Crippen LogP) is 3.22. The van der Waals surface area contributed by atoms with Crippen molar-refractivity contribution in [2.24, 2.45) is 7.05 Å². The van der Waals surface area contributed by atoms with Gasteiger partial charge in [-0.25, -0.2) is 9.78 Å². The van der Waals surface area contributed by atoms with Crippen LogP contribution in [0, 0.1) is 0 Å². The maximum Gasteiger partial charge on any atom is 0.335 e. The van der Waals surface area contributed by atoms with E-state index in [4.69, 9.17) is 9.84 Å². The van der Waals surface area contributed by atoms with Crippen molar-refractivity contribution in [2.45, 2.75) is 6.61 Å². The van der Waals surface area contributed by atoms with Crippen LogP contribution >= 0.6 is 31.9 Å². The Morgan fingerprint density at radius 2 is 2.05 bits per heavy atom. The Bertz CT molecular complexity index is 602. The van der Waals surface area contributed by atoms with Crippen LogP contribution in [0.1, 0.15) is 16.1 Å². The topological polar surface area (TPSA) is 64.4 Å². The second-order valence-corrected chi connectivity index (χ2v) is 5.57. The lowest BCUT2D eigenvalue weighted by Gasteiger charge is -2.11. The largest absolute Gasteiger partial charge is 0.485 e. The third-order valence-corrected chi connectivity index (χ3v) is 3.70. The molecule has 0 saturated heterocycles. The van der Waals surface area contributed by atoms with Gasteiger partial charge in [0.15, 0.2) is 0 Å². The molecule has 0 amide bonds. The van der Waals surface area contributed by atoms with Crippen molar-refractivity contribution < 1.29 is 14.6 Å². The number of carboxylic acid groups (broad SMARTS) is 1. The van der Waals surface area contributed by atoms with E-state index in [1.54, 1.807) is 12.5 Å². The van der Waals surface area contributed by atoms with Crippen molar-refractivity contribution in [2.75, 3.05) is 0 Å². The summed E-state index contributed by atoms with van der Waals surface area (Å²) in [5.74, 6) is -0.425. The average Bonchev–Trinajstić information content (AvgIpc) is 2.73. The summed E-state index contributed by atoms with van der Waals surface area (Å²) in [5, 5.41) is 8.95. The van der Waals surface area contributed by atoms with Crippen LogP contribution in [-0.4, -0.2) is 20.6 Å². The molecular weight excluding hydrogens is 380 g/mol. The third kappa shape index (κ3) is 3.16. The van der Waals surface area contributed by atoms with Crippen LogP contribution in [0.15, 0.2) is 33.6 Å². The molecule has 0 spiro atoms. The molecule has 0 aliphatic carbocycles. The molecule has 0 fully saturated rings. The van der Waals surface area contributed by atoms with Crippen LogP contribution in [-0.2, 0) is 13.7 Å². The summed E-state index contributed by atoms with van der Waals surface area (Å²) in [4.78, 5) is 14.9. The third-order valence-electron chi connectivity index (χ3n) is 2.53. The van der Waals surface area contributed by atoms with Crippen LogP contribution in [0.5, 0.6) is 5.75 Å². The number of carboxylic acids is 1. The number of carbonyl (C=O) groups is 1. The van der Waals surface area contributed by atoms with Gasteiger partial charge in [-0.05, 0) is 44.0 Å². The first kappa shape index (κ1) is 14.1. The van der Waals surface area contributed by atoms with E-state index < -0.39 is 5.97 Å². The number of benzene rings is 1. The van der Waals surface area contributed by atoms with Gasteiger partial charge in [-0.1, -0.05) is 0 Å². The summed E-state index contributed by atoms with van der Waals surface area (Å²) in [7, 11) is 1.88. The normalized spacial score (nSPS) is 10.5. The molecule has 7 heteroatoms. The fraction of sp³-hybridized carbons (Fsp3) is 0.167. The van der Waals surface area contributed by atoms with Gasteiger partial charge in [0, 0.05) is 7.05 Å². The Labute approximate surface area is 126 Å². The Kier molecular flexibility index (Phi) is 4.26.